The standard InChI is InChI=1S/C12H13N3O/c1-8-5-9(2)7-10(6-8)12(16)14-11-3-4-13-15-11/h3-7H,1-2H3,(H2,13,14,15,16). The highest BCUT2D eigenvalue weighted by Gasteiger charge is 2.07. The fourth-order valence-corrected chi connectivity index (χ4v) is 1.63. The summed E-state index contributed by atoms with van der Waals surface area (Å²) in [6.07, 6.45) is 1.59. The number of aryl methyl sites for hydroxylation is 2. The lowest BCUT2D eigenvalue weighted by atomic mass is 10.1. The second kappa shape index (κ2) is 4.18. The third-order valence-corrected chi connectivity index (χ3v) is 2.23. The highest BCUT2D eigenvalue weighted by atomic mass is 16.1. The summed E-state index contributed by atoms with van der Waals surface area (Å²) in [4.78, 5) is 11.9. The van der Waals surface area contributed by atoms with E-state index in [4.69, 9.17) is 0 Å². The van der Waals surface area contributed by atoms with Crippen LogP contribution in [0.15, 0.2) is 30.5 Å². The van der Waals surface area contributed by atoms with E-state index >= 15 is 0 Å². The van der Waals surface area contributed by atoms with E-state index < -0.39 is 0 Å². The van der Waals surface area contributed by atoms with Crippen LogP contribution < -0.4 is 5.32 Å². The lowest BCUT2D eigenvalue weighted by Crippen LogP contribution is -2.12. The van der Waals surface area contributed by atoms with E-state index in [9.17, 15) is 4.79 Å². The van der Waals surface area contributed by atoms with E-state index in [1.165, 1.54) is 0 Å². The van der Waals surface area contributed by atoms with Crippen LogP contribution in [-0.4, -0.2) is 16.1 Å². The summed E-state index contributed by atoms with van der Waals surface area (Å²) in [7, 11) is 0. The van der Waals surface area contributed by atoms with Crippen LogP contribution in [0.3, 0.4) is 0 Å². The van der Waals surface area contributed by atoms with Gasteiger partial charge in [-0.2, -0.15) is 5.10 Å². The molecular formula is C12H13N3O. The fourth-order valence-electron chi connectivity index (χ4n) is 1.63. The molecule has 0 atom stereocenters. The van der Waals surface area contributed by atoms with E-state index in [1.54, 1.807) is 12.3 Å². The van der Waals surface area contributed by atoms with Crippen molar-refractivity contribution >= 4 is 11.7 Å². The minimum atomic E-state index is -0.129. The molecule has 0 bridgehead atoms. The van der Waals surface area contributed by atoms with Crippen molar-refractivity contribution in [3.63, 3.8) is 0 Å². The van der Waals surface area contributed by atoms with Gasteiger partial charge in [0.05, 0.1) is 6.20 Å². The number of hydrogen-bond acceptors (Lipinski definition) is 2. The van der Waals surface area contributed by atoms with Crippen molar-refractivity contribution < 1.29 is 4.79 Å². The molecule has 16 heavy (non-hydrogen) atoms. The Morgan fingerprint density at radius 1 is 1.25 bits per heavy atom. The summed E-state index contributed by atoms with van der Waals surface area (Å²) in [5, 5.41) is 9.19. The molecule has 1 aromatic carbocycles. The molecule has 0 radical (unpaired) electrons. The molecule has 2 rings (SSSR count). The van der Waals surface area contributed by atoms with E-state index in [2.05, 4.69) is 15.5 Å². The quantitative estimate of drug-likeness (QED) is 0.807. The van der Waals surface area contributed by atoms with Crippen LogP contribution in [0.1, 0.15) is 21.5 Å². The maximum Gasteiger partial charge on any atom is 0.256 e. The number of nitrogens with one attached hydrogen (secondary N) is 2. The monoisotopic (exact) mass is 215 g/mol. The Balaban J connectivity index is 2.21. The Morgan fingerprint density at radius 3 is 2.50 bits per heavy atom. The third-order valence-electron chi connectivity index (χ3n) is 2.23. The lowest BCUT2D eigenvalue weighted by Gasteiger charge is -2.05. The number of aromatic nitrogens is 2. The summed E-state index contributed by atoms with van der Waals surface area (Å²) < 4.78 is 0. The Hall–Kier alpha value is -2.10. The molecule has 0 unspecified atom stereocenters. The van der Waals surface area contributed by atoms with E-state index in [1.807, 2.05) is 32.0 Å². The Kier molecular flexibility index (Phi) is 2.72. The number of anilines is 1. The van der Waals surface area contributed by atoms with E-state index in [0.717, 1.165) is 11.1 Å². The van der Waals surface area contributed by atoms with Crippen molar-refractivity contribution in [2.45, 2.75) is 13.8 Å². The lowest BCUT2D eigenvalue weighted by molar-refractivity contribution is 0.102. The van der Waals surface area contributed by atoms with Crippen molar-refractivity contribution in [2.75, 3.05) is 5.32 Å². The highest BCUT2D eigenvalue weighted by molar-refractivity contribution is 6.03. The van der Waals surface area contributed by atoms with Crippen LogP contribution in [0.2, 0.25) is 0 Å². The highest BCUT2D eigenvalue weighted by Crippen LogP contribution is 2.10. The number of H-pyrrole nitrogens is 1. The predicted molar refractivity (Wildman–Crippen MR) is 62.5 cm³/mol. The van der Waals surface area contributed by atoms with Gasteiger partial charge in [0.2, 0.25) is 0 Å². The Labute approximate surface area is 93.7 Å². The molecule has 82 valence electrons. The second-order valence-electron chi connectivity index (χ2n) is 3.80. The number of benzene rings is 1. The van der Waals surface area contributed by atoms with Crippen molar-refractivity contribution in [3.8, 4) is 0 Å². The van der Waals surface area contributed by atoms with Gasteiger partial charge in [0.25, 0.3) is 5.91 Å². The SMILES string of the molecule is Cc1cc(C)cc(C(=O)Nc2ccn[nH]2)c1. The van der Waals surface area contributed by atoms with Gasteiger partial charge < -0.3 is 5.32 Å². The molecule has 2 N–H and O–H groups in total. The molecule has 1 aromatic heterocycles. The normalized spacial score (nSPS) is 10.1. The van der Waals surface area contributed by atoms with Crippen LogP contribution in [0.25, 0.3) is 0 Å². The van der Waals surface area contributed by atoms with Crippen LogP contribution >= 0.6 is 0 Å². The van der Waals surface area contributed by atoms with Crippen molar-refractivity contribution in [1.82, 2.24) is 10.2 Å². The topological polar surface area (TPSA) is 57.8 Å². The maximum atomic E-state index is 11.9. The average Bonchev–Trinajstić information content (AvgIpc) is 2.68. The molecule has 0 aliphatic carbocycles. The average molecular weight is 215 g/mol. The number of aromatic amines is 1. The van der Waals surface area contributed by atoms with Crippen LogP contribution in [0, 0.1) is 13.8 Å². The molecule has 0 saturated heterocycles. The molecule has 0 fully saturated rings. The van der Waals surface area contributed by atoms with E-state index in [0.29, 0.717) is 11.4 Å². The predicted octanol–water partition coefficient (Wildman–Crippen LogP) is 2.28. The van der Waals surface area contributed by atoms with Gasteiger partial charge in [-0.3, -0.25) is 9.89 Å². The van der Waals surface area contributed by atoms with Gasteiger partial charge in [-0.1, -0.05) is 17.2 Å². The van der Waals surface area contributed by atoms with Crippen molar-refractivity contribution in [3.05, 3.63) is 47.2 Å². The number of rotatable bonds is 2. The summed E-state index contributed by atoms with van der Waals surface area (Å²) in [5.74, 6) is 0.472. The first-order valence-electron chi connectivity index (χ1n) is 5.04. The molecule has 4 heteroatoms. The van der Waals surface area contributed by atoms with Crippen LogP contribution in [-0.2, 0) is 0 Å². The molecular weight excluding hydrogens is 202 g/mol. The fraction of sp³-hybridized carbons (Fsp3) is 0.167. The van der Waals surface area contributed by atoms with Crippen LogP contribution in [0.5, 0.6) is 0 Å². The third kappa shape index (κ3) is 2.28. The summed E-state index contributed by atoms with van der Waals surface area (Å²) in [6.45, 7) is 3.94. The van der Waals surface area contributed by atoms with E-state index in [-0.39, 0.29) is 5.91 Å². The zero-order valence-electron chi connectivity index (χ0n) is 9.24. The minimum absolute atomic E-state index is 0.129. The number of carbonyl (C=O) groups is 1. The van der Waals surface area contributed by atoms with Gasteiger partial charge in [0, 0.05) is 11.6 Å². The smallest absolute Gasteiger partial charge is 0.256 e. The van der Waals surface area contributed by atoms with Gasteiger partial charge in [0.1, 0.15) is 5.82 Å². The molecule has 2 aromatic rings. The summed E-state index contributed by atoms with van der Waals surface area (Å²) in [6, 6.07) is 7.46. The van der Waals surface area contributed by atoms with Gasteiger partial charge in [-0.05, 0) is 26.0 Å². The first kappa shape index (κ1) is 10.4. The summed E-state index contributed by atoms with van der Waals surface area (Å²) >= 11 is 0. The number of carbonyl (C=O) groups excluding carboxylic acids is 1. The number of amides is 1. The molecule has 1 amide bonds. The number of nitrogens with zero attached hydrogens (tertiary/aromatic N) is 1. The zero-order chi connectivity index (χ0) is 11.5. The second-order valence-corrected chi connectivity index (χ2v) is 3.80. The van der Waals surface area contributed by atoms with Gasteiger partial charge in [-0.15, -0.1) is 0 Å². The van der Waals surface area contributed by atoms with Crippen molar-refractivity contribution in [2.24, 2.45) is 0 Å². The van der Waals surface area contributed by atoms with Gasteiger partial charge >= 0.3 is 0 Å². The molecule has 1 heterocycles. The molecule has 0 aliphatic heterocycles. The zero-order valence-corrected chi connectivity index (χ0v) is 9.24. The Morgan fingerprint density at radius 2 is 1.94 bits per heavy atom. The largest absolute Gasteiger partial charge is 0.307 e. The minimum Gasteiger partial charge on any atom is -0.307 e. The van der Waals surface area contributed by atoms with Crippen LogP contribution in [0.4, 0.5) is 5.82 Å². The van der Waals surface area contributed by atoms with Crippen molar-refractivity contribution in [1.29, 1.82) is 0 Å². The molecule has 0 aliphatic rings. The maximum absolute atomic E-state index is 11.9. The Bertz CT molecular complexity index is 483. The summed E-state index contributed by atoms with van der Waals surface area (Å²) in [5.41, 5.74) is 2.82. The van der Waals surface area contributed by atoms with Gasteiger partial charge in [-0.25, -0.2) is 0 Å². The molecule has 0 spiro atoms. The number of hydrogen-bond donors (Lipinski definition) is 2. The molecule has 0 saturated carbocycles. The molecule has 4 nitrogen and oxygen atoms in total. The van der Waals surface area contributed by atoms with Gasteiger partial charge in [0.15, 0.2) is 0 Å². The first-order chi connectivity index (χ1) is 7.65. The first-order valence-corrected chi connectivity index (χ1v) is 5.04.